The fraction of sp³-hybridized carbons (Fsp3) is 0.643. The lowest BCUT2D eigenvalue weighted by atomic mass is 10.2. The van der Waals surface area contributed by atoms with Crippen LogP contribution in [0.3, 0.4) is 0 Å². The van der Waals surface area contributed by atoms with Crippen LogP contribution in [0.2, 0.25) is 5.02 Å². The molecule has 7 nitrogen and oxygen atoms in total. The summed E-state index contributed by atoms with van der Waals surface area (Å²) in [6.07, 6.45) is 2.08. The number of rotatable bonds is 3. The van der Waals surface area contributed by atoms with Gasteiger partial charge in [-0.1, -0.05) is 11.6 Å². The number of nitrogens with zero attached hydrogens (tertiary/aromatic N) is 3. The molecule has 1 saturated heterocycles. The molecule has 2 rings (SSSR count). The monoisotopic (exact) mass is 327 g/mol. The van der Waals surface area contributed by atoms with E-state index in [1.54, 1.807) is 18.1 Å². The number of hydrogen-bond acceptors (Lipinski definition) is 6. The van der Waals surface area contributed by atoms with E-state index < -0.39 is 5.60 Å². The molecule has 0 aromatic carbocycles. The van der Waals surface area contributed by atoms with Gasteiger partial charge in [-0.2, -0.15) is 4.98 Å². The molecule has 1 aromatic heterocycles. The van der Waals surface area contributed by atoms with Gasteiger partial charge in [-0.3, -0.25) is 0 Å². The van der Waals surface area contributed by atoms with Crippen molar-refractivity contribution in [3.63, 3.8) is 0 Å². The van der Waals surface area contributed by atoms with E-state index >= 15 is 0 Å². The van der Waals surface area contributed by atoms with Gasteiger partial charge in [0.25, 0.3) is 0 Å². The van der Waals surface area contributed by atoms with E-state index in [1.165, 1.54) is 0 Å². The summed E-state index contributed by atoms with van der Waals surface area (Å²) in [6, 6.07) is 0.0957. The maximum absolute atomic E-state index is 12.0. The van der Waals surface area contributed by atoms with Gasteiger partial charge in [0.2, 0.25) is 5.95 Å². The normalized spacial score (nSPS) is 18.2. The molecule has 122 valence electrons. The molecular formula is C14H22ClN5O2. The summed E-state index contributed by atoms with van der Waals surface area (Å²) in [5.74, 6) is 1.06. The van der Waals surface area contributed by atoms with E-state index in [9.17, 15) is 4.79 Å². The summed E-state index contributed by atoms with van der Waals surface area (Å²) in [5, 5.41) is 6.59. The Hall–Kier alpha value is -1.76. The van der Waals surface area contributed by atoms with Gasteiger partial charge >= 0.3 is 6.09 Å². The first-order valence-electron chi connectivity index (χ1n) is 7.23. The molecular weight excluding hydrogens is 306 g/mol. The predicted octanol–water partition coefficient (Wildman–Crippen LogP) is 2.59. The molecule has 0 radical (unpaired) electrons. The Labute approximate surface area is 135 Å². The predicted molar refractivity (Wildman–Crippen MR) is 86.4 cm³/mol. The van der Waals surface area contributed by atoms with E-state index in [-0.39, 0.29) is 12.1 Å². The summed E-state index contributed by atoms with van der Waals surface area (Å²) in [4.78, 5) is 22.1. The van der Waals surface area contributed by atoms with Gasteiger partial charge in [-0.25, -0.2) is 9.78 Å². The zero-order valence-corrected chi connectivity index (χ0v) is 14.1. The average molecular weight is 328 g/mol. The maximum atomic E-state index is 12.0. The largest absolute Gasteiger partial charge is 0.444 e. The molecule has 1 aliphatic rings. The molecule has 2 heterocycles. The third-order valence-electron chi connectivity index (χ3n) is 3.15. The third kappa shape index (κ3) is 4.37. The molecule has 1 aliphatic heterocycles. The average Bonchev–Trinajstić information content (AvgIpc) is 2.87. The lowest BCUT2D eigenvalue weighted by Crippen LogP contribution is -2.36. The number of aromatic nitrogens is 2. The molecule has 0 unspecified atom stereocenters. The van der Waals surface area contributed by atoms with Crippen LogP contribution in [0.15, 0.2) is 6.20 Å². The number of halogens is 1. The first kappa shape index (κ1) is 16.6. The second-order valence-electron chi connectivity index (χ2n) is 6.20. The minimum absolute atomic E-state index is 0.0957. The Kier molecular flexibility index (Phi) is 4.95. The zero-order chi connectivity index (χ0) is 16.3. The molecule has 1 fully saturated rings. The van der Waals surface area contributed by atoms with Gasteiger partial charge in [0.1, 0.15) is 16.4 Å². The van der Waals surface area contributed by atoms with E-state index in [4.69, 9.17) is 16.3 Å². The lowest BCUT2D eigenvalue weighted by molar-refractivity contribution is 0.0293. The van der Waals surface area contributed by atoms with Crippen LogP contribution in [0.5, 0.6) is 0 Å². The number of likely N-dealkylation sites (tertiary alicyclic amines) is 1. The quantitative estimate of drug-likeness (QED) is 0.888. The Morgan fingerprint density at radius 3 is 2.86 bits per heavy atom. The second kappa shape index (κ2) is 6.56. The molecule has 8 heteroatoms. The molecule has 2 N–H and O–H groups in total. The van der Waals surface area contributed by atoms with Crippen LogP contribution in [0.4, 0.5) is 16.6 Å². The fourth-order valence-electron chi connectivity index (χ4n) is 2.16. The van der Waals surface area contributed by atoms with Gasteiger partial charge < -0.3 is 20.3 Å². The molecule has 1 amide bonds. The minimum atomic E-state index is -0.483. The van der Waals surface area contributed by atoms with Crippen LogP contribution in [-0.4, -0.2) is 52.7 Å². The number of amides is 1. The maximum Gasteiger partial charge on any atom is 0.410 e. The minimum Gasteiger partial charge on any atom is -0.444 e. The molecule has 1 atom stereocenters. The van der Waals surface area contributed by atoms with Crippen LogP contribution in [-0.2, 0) is 4.74 Å². The smallest absolute Gasteiger partial charge is 0.410 e. The van der Waals surface area contributed by atoms with E-state index in [0.717, 1.165) is 6.42 Å². The van der Waals surface area contributed by atoms with Crippen LogP contribution in [0.1, 0.15) is 27.2 Å². The Morgan fingerprint density at radius 2 is 2.23 bits per heavy atom. The molecule has 0 aliphatic carbocycles. The van der Waals surface area contributed by atoms with Crippen LogP contribution < -0.4 is 10.6 Å². The zero-order valence-electron chi connectivity index (χ0n) is 13.3. The molecule has 0 spiro atoms. The summed E-state index contributed by atoms with van der Waals surface area (Å²) < 4.78 is 5.37. The van der Waals surface area contributed by atoms with Crippen molar-refractivity contribution in [2.75, 3.05) is 30.8 Å². The topological polar surface area (TPSA) is 79.4 Å². The van der Waals surface area contributed by atoms with Gasteiger partial charge in [0.05, 0.1) is 6.20 Å². The number of hydrogen-bond donors (Lipinski definition) is 2. The van der Waals surface area contributed by atoms with Crippen molar-refractivity contribution in [3.8, 4) is 0 Å². The number of nitrogens with one attached hydrogen (secondary N) is 2. The van der Waals surface area contributed by atoms with Crippen molar-refractivity contribution < 1.29 is 9.53 Å². The highest BCUT2D eigenvalue weighted by Crippen LogP contribution is 2.21. The molecule has 0 bridgehead atoms. The van der Waals surface area contributed by atoms with Crippen molar-refractivity contribution in [1.82, 2.24) is 14.9 Å². The summed E-state index contributed by atoms with van der Waals surface area (Å²) in [7, 11) is 1.75. The van der Waals surface area contributed by atoms with E-state index in [1.807, 2.05) is 20.8 Å². The van der Waals surface area contributed by atoms with E-state index in [0.29, 0.717) is 29.9 Å². The lowest BCUT2D eigenvalue weighted by Gasteiger charge is -2.24. The molecule has 1 aromatic rings. The van der Waals surface area contributed by atoms with Crippen molar-refractivity contribution in [1.29, 1.82) is 0 Å². The highest BCUT2D eigenvalue weighted by atomic mass is 35.5. The highest BCUT2D eigenvalue weighted by Gasteiger charge is 2.30. The van der Waals surface area contributed by atoms with Gasteiger partial charge in [-0.05, 0) is 27.2 Å². The first-order valence-corrected chi connectivity index (χ1v) is 7.61. The number of ether oxygens (including phenoxy) is 1. The summed E-state index contributed by atoms with van der Waals surface area (Å²) >= 11 is 5.95. The Morgan fingerprint density at radius 1 is 1.50 bits per heavy atom. The third-order valence-corrected chi connectivity index (χ3v) is 3.43. The highest BCUT2D eigenvalue weighted by molar-refractivity contribution is 6.32. The van der Waals surface area contributed by atoms with Gasteiger partial charge in [0, 0.05) is 26.2 Å². The summed E-state index contributed by atoms with van der Waals surface area (Å²) in [6.45, 7) is 6.79. The standard InChI is InChI=1S/C14H22ClN5O2/c1-14(2,3)22-13(21)20-6-5-9(8-20)18-12-17-7-10(15)11(16-4)19-12/h7,9H,5-6,8H2,1-4H3,(H2,16,17,18,19)/t9-/m1/s1. The van der Waals surface area contributed by atoms with Crippen molar-refractivity contribution in [2.24, 2.45) is 0 Å². The Bertz CT molecular complexity index is 547. The summed E-state index contributed by atoms with van der Waals surface area (Å²) in [5.41, 5.74) is -0.483. The molecule has 0 saturated carbocycles. The fourth-order valence-corrected chi connectivity index (χ4v) is 2.35. The number of carbonyl (C=O) groups is 1. The SMILES string of the molecule is CNc1nc(N[C@@H]2CCN(C(=O)OC(C)(C)C)C2)ncc1Cl. The van der Waals surface area contributed by atoms with Crippen LogP contribution >= 0.6 is 11.6 Å². The van der Waals surface area contributed by atoms with E-state index in [2.05, 4.69) is 20.6 Å². The molecule has 22 heavy (non-hydrogen) atoms. The number of carbonyl (C=O) groups excluding carboxylic acids is 1. The van der Waals surface area contributed by atoms with Crippen molar-refractivity contribution in [3.05, 3.63) is 11.2 Å². The van der Waals surface area contributed by atoms with Crippen molar-refractivity contribution >= 4 is 29.5 Å². The van der Waals surface area contributed by atoms with Gasteiger partial charge in [-0.15, -0.1) is 0 Å². The van der Waals surface area contributed by atoms with Crippen LogP contribution in [0, 0.1) is 0 Å². The number of anilines is 2. The Balaban J connectivity index is 1.92. The first-order chi connectivity index (χ1) is 10.3. The van der Waals surface area contributed by atoms with Crippen molar-refractivity contribution in [2.45, 2.75) is 38.8 Å². The van der Waals surface area contributed by atoms with Gasteiger partial charge in [0.15, 0.2) is 0 Å². The van der Waals surface area contributed by atoms with Crippen LogP contribution in [0.25, 0.3) is 0 Å². The second-order valence-corrected chi connectivity index (χ2v) is 6.60.